The van der Waals surface area contributed by atoms with Crippen LogP contribution in [-0.4, -0.2) is 17.4 Å². The summed E-state index contributed by atoms with van der Waals surface area (Å²) in [5.41, 5.74) is 4.73. The van der Waals surface area contributed by atoms with E-state index < -0.39 is 20.8 Å². The minimum absolute atomic E-state index is 0.313. The predicted molar refractivity (Wildman–Crippen MR) is 147 cm³/mol. The number of phenols is 1. The van der Waals surface area contributed by atoms with Gasteiger partial charge in [-0.05, 0) is 34.9 Å². The van der Waals surface area contributed by atoms with Gasteiger partial charge in [-0.1, -0.05) is 113 Å². The van der Waals surface area contributed by atoms with E-state index >= 15 is 0 Å². The number of rotatable bonds is 5. The van der Waals surface area contributed by atoms with E-state index in [1.54, 1.807) is 0 Å². The quantitative estimate of drug-likeness (QED) is 0.297. The van der Waals surface area contributed by atoms with Crippen molar-refractivity contribution in [3.8, 4) is 16.9 Å². The van der Waals surface area contributed by atoms with E-state index in [1.165, 1.54) is 18.4 Å². The first-order valence-electron chi connectivity index (χ1n) is 12.3. The molecule has 4 rings (SSSR count). The normalized spacial score (nSPS) is 20.2. The third kappa shape index (κ3) is 6.88. The van der Waals surface area contributed by atoms with Crippen molar-refractivity contribution in [2.75, 3.05) is 0 Å². The topological polar surface area (TPSA) is 32.6 Å². The van der Waals surface area contributed by atoms with Crippen LogP contribution in [0.1, 0.15) is 63.6 Å². The van der Waals surface area contributed by atoms with E-state index in [0.717, 1.165) is 28.7 Å². The van der Waals surface area contributed by atoms with Gasteiger partial charge in [0.15, 0.2) is 0 Å². The molecule has 1 saturated carbocycles. The van der Waals surface area contributed by atoms with Crippen molar-refractivity contribution in [1.82, 2.24) is 0 Å². The van der Waals surface area contributed by atoms with Crippen LogP contribution in [0.25, 0.3) is 11.1 Å². The standard InChI is InChI=1S/C30H35NO.2ClH.Zr/c1-21-12-11-17-28(22(21)2)31-20-26-25(23-13-7-5-8-14-23)18-19-27(29(26)32)30(3,4)24-15-9-6-10-16-24;;;/h5-10,13-16,18-22,28,32H,11-12,17H2,1-4H3;2*1H;/q;;;+2/p-2. The van der Waals surface area contributed by atoms with Crippen molar-refractivity contribution < 1.29 is 26.0 Å². The van der Waals surface area contributed by atoms with Crippen molar-refractivity contribution in [1.29, 1.82) is 0 Å². The average molecular weight is 588 g/mol. The number of phenolic OH excluding ortho intramolecular Hbond substituents is 1. The fourth-order valence-corrected chi connectivity index (χ4v) is 5.06. The first-order chi connectivity index (χ1) is 16.8. The predicted octanol–water partition coefficient (Wildman–Crippen LogP) is 9.01. The first-order valence-corrected chi connectivity index (χ1v) is 18.6. The van der Waals surface area contributed by atoms with Gasteiger partial charge in [0.05, 0.1) is 6.04 Å². The van der Waals surface area contributed by atoms with Crippen molar-refractivity contribution in [3.05, 3.63) is 89.5 Å². The molecule has 0 bridgehead atoms. The average Bonchev–Trinajstić information content (AvgIpc) is 2.87. The van der Waals surface area contributed by atoms with Crippen LogP contribution < -0.4 is 0 Å². The van der Waals surface area contributed by atoms with E-state index in [0.29, 0.717) is 23.6 Å². The Hall–Kier alpha value is -1.41. The molecule has 0 amide bonds. The summed E-state index contributed by atoms with van der Waals surface area (Å²) in [6.45, 7) is 9.00. The van der Waals surface area contributed by atoms with Gasteiger partial charge in [-0.2, -0.15) is 0 Å². The Morgan fingerprint density at radius 1 is 0.914 bits per heavy atom. The Labute approximate surface area is 229 Å². The monoisotopic (exact) mass is 585 g/mol. The maximum atomic E-state index is 11.6. The molecule has 0 saturated heterocycles. The molecule has 3 aromatic carbocycles. The molecule has 3 aromatic rings. The molecule has 3 atom stereocenters. The van der Waals surface area contributed by atoms with E-state index in [2.05, 4.69) is 76.2 Å². The molecule has 2 nitrogen and oxygen atoms in total. The molecule has 5 heteroatoms. The van der Waals surface area contributed by atoms with E-state index in [1.807, 2.05) is 30.5 Å². The Kier molecular flexibility index (Phi) is 10.6. The number of halogens is 2. The van der Waals surface area contributed by atoms with Crippen LogP contribution >= 0.6 is 17.0 Å². The second-order valence-electron chi connectivity index (χ2n) is 9.96. The van der Waals surface area contributed by atoms with Gasteiger partial charge in [-0.25, -0.2) is 0 Å². The van der Waals surface area contributed by atoms with Crippen LogP contribution in [0.3, 0.4) is 0 Å². The van der Waals surface area contributed by atoms with Crippen molar-refractivity contribution in [3.63, 3.8) is 0 Å². The van der Waals surface area contributed by atoms with Gasteiger partial charge in [0, 0.05) is 22.8 Å². The molecule has 0 radical (unpaired) electrons. The molecule has 0 heterocycles. The summed E-state index contributed by atoms with van der Waals surface area (Å²) >= 11 is -0.826. The summed E-state index contributed by atoms with van der Waals surface area (Å²) in [5.74, 6) is 1.59. The summed E-state index contributed by atoms with van der Waals surface area (Å²) in [4.78, 5) is 5.04. The first kappa shape index (κ1) is 28.2. The van der Waals surface area contributed by atoms with Gasteiger partial charge in [-0.3, -0.25) is 4.99 Å². The second-order valence-corrected chi connectivity index (χ2v) is 13.7. The third-order valence-electron chi connectivity index (χ3n) is 7.53. The van der Waals surface area contributed by atoms with Crippen LogP contribution in [0.2, 0.25) is 0 Å². The van der Waals surface area contributed by atoms with Gasteiger partial charge >= 0.3 is 37.9 Å². The maximum absolute atomic E-state index is 11.6. The zero-order valence-electron chi connectivity index (χ0n) is 21.0. The van der Waals surface area contributed by atoms with E-state index in [4.69, 9.17) is 22.0 Å². The van der Waals surface area contributed by atoms with Gasteiger partial charge in [-0.15, -0.1) is 0 Å². The molecule has 0 aliphatic heterocycles. The Morgan fingerprint density at radius 3 is 2.14 bits per heavy atom. The molecular weight excluding hydrogens is 552 g/mol. The Balaban J connectivity index is 0.00000108. The molecule has 35 heavy (non-hydrogen) atoms. The fourth-order valence-electron chi connectivity index (χ4n) is 5.06. The number of aromatic hydroxyl groups is 1. The van der Waals surface area contributed by atoms with Gasteiger partial charge in [0.25, 0.3) is 0 Å². The molecule has 184 valence electrons. The number of aliphatic imine (C=N–C) groups is 1. The summed E-state index contributed by atoms with van der Waals surface area (Å²) < 4.78 is 0. The van der Waals surface area contributed by atoms with Gasteiger partial charge in [0.1, 0.15) is 5.75 Å². The summed E-state index contributed by atoms with van der Waals surface area (Å²) in [6, 6.07) is 25.2. The van der Waals surface area contributed by atoms with Crippen LogP contribution in [0, 0.1) is 11.8 Å². The number of nitrogens with zero attached hydrogens (tertiary/aromatic N) is 1. The summed E-state index contributed by atoms with van der Waals surface area (Å²) in [6.07, 6.45) is 5.58. The molecule has 0 spiro atoms. The second kappa shape index (κ2) is 13.2. The summed E-state index contributed by atoms with van der Waals surface area (Å²) in [5, 5.41) is 11.6. The van der Waals surface area contributed by atoms with Crippen LogP contribution in [0.15, 0.2) is 77.8 Å². The van der Waals surface area contributed by atoms with Crippen LogP contribution in [0.4, 0.5) is 0 Å². The number of hydrogen-bond acceptors (Lipinski definition) is 2. The van der Waals surface area contributed by atoms with Crippen molar-refractivity contribution in [2.45, 2.75) is 58.4 Å². The summed E-state index contributed by atoms with van der Waals surface area (Å²) in [7, 11) is 9.87. The van der Waals surface area contributed by atoms with Gasteiger partial charge in [0.2, 0.25) is 0 Å². The van der Waals surface area contributed by atoms with E-state index in [-0.39, 0.29) is 5.41 Å². The third-order valence-corrected chi connectivity index (χ3v) is 7.53. The molecule has 3 unspecified atom stereocenters. The molecular formula is C30H35Cl2NOZr. The Morgan fingerprint density at radius 2 is 1.51 bits per heavy atom. The van der Waals surface area contributed by atoms with E-state index in [9.17, 15) is 5.11 Å². The zero-order chi connectivity index (χ0) is 25.4. The van der Waals surface area contributed by atoms with Gasteiger partial charge < -0.3 is 5.11 Å². The molecule has 1 aliphatic carbocycles. The number of hydrogen-bond donors (Lipinski definition) is 1. The molecule has 1 N–H and O–H groups in total. The molecule has 1 fully saturated rings. The van der Waals surface area contributed by atoms with Crippen LogP contribution in [0.5, 0.6) is 5.75 Å². The number of benzene rings is 3. The molecule has 1 aliphatic rings. The van der Waals surface area contributed by atoms with Crippen LogP contribution in [-0.2, 0) is 26.3 Å². The Bertz CT molecular complexity index is 1100. The van der Waals surface area contributed by atoms with Crippen molar-refractivity contribution >= 4 is 23.2 Å². The zero-order valence-corrected chi connectivity index (χ0v) is 25.0. The fraction of sp³-hybridized carbons (Fsp3) is 0.367. The molecule has 0 aromatic heterocycles. The minimum atomic E-state index is -0.826. The SMILES string of the molecule is CC1CCCC(N=Cc2c(-c3ccccc3)ccc(C(C)(C)c3ccccc3)c2O)C1C.[Cl][Zr][Cl]. The van der Waals surface area contributed by atoms with Crippen molar-refractivity contribution in [2.24, 2.45) is 16.8 Å².